The topological polar surface area (TPSA) is 65.5 Å². The molecule has 1 rings (SSSR count). The maximum Gasteiger partial charge on any atom is 0.221 e. The SMILES string of the molecule is CNC(=O)CCN(C)c1ccc([C@H](C)O)nc1. The van der Waals surface area contributed by atoms with E-state index < -0.39 is 6.10 Å². The zero-order valence-electron chi connectivity index (χ0n) is 10.5. The molecule has 0 bridgehead atoms. The van der Waals surface area contributed by atoms with Crippen molar-refractivity contribution in [3.63, 3.8) is 0 Å². The molecule has 1 atom stereocenters. The maximum atomic E-state index is 11.1. The van der Waals surface area contributed by atoms with E-state index in [0.29, 0.717) is 18.7 Å². The van der Waals surface area contributed by atoms with Gasteiger partial charge in [-0.1, -0.05) is 0 Å². The summed E-state index contributed by atoms with van der Waals surface area (Å²) in [6.07, 6.45) is 1.59. The number of nitrogens with zero attached hydrogens (tertiary/aromatic N) is 2. The van der Waals surface area contributed by atoms with E-state index in [9.17, 15) is 9.90 Å². The van der Waals surface area contributed by atoms with Crippen LogP contribution in [0.25, 0.3) is 0 Å². The Balaban J connectivity index is 2.57. The largest absolute Gasteiger partial charge is 0.387 e. The van der Waals surface area contributed by atoms with E-state index in [1.807, 2.05) is 18.0 Å². The Morgan fingerprint density at radius 3 is 2.76 bits per heavy atom. The summed E-state index contributed by atoms with van der Waals surface area (Å²) in [5.74, 6) is 0.0189. The van der Waals surface area contributed by atoms with Crippen LogP contribution in [0.2, 0.25) is 0 Å². The molecule has 5 nitrogen and oxygen atoms in total. The van der Waals surface area contributed by atoms with Crippen molar-refractivity contribution in [1.29, 1.82) is 0 Å². The standard InChI is InChI=1S/C12H19N3O2/c1-9(16)11-5-4-10(8-14-11)15(3)7-6-12(17)13-2/h4-5,8-9,16H,6-7H2,1-3H3,(H,13,17)/t9-/m0/s1. The highest BCUT2D eigenvalue weighted by molar-refractivity contribution is 5.76. The summed E-state index contributed by atoms with van der Waals surface area (Å²) in [5.41, 5.74) is 1.58. The normalized spacial score (nSPS) is 12.0. The molecule has 1 aromatic heterocycles. The van der Waals surface area contributed by atoms with Gasteiger partial charge >= 0.3 is 0 Å². The Kier molecular flexibility index (Phi) is 4.90. The van der Waals surface area contributed by atoms with E-state index in [4.69, 9.17) is 0 Å². The lowest BCUT2D eigenvalue weighted by Gasteiger charge is -2.18. The van der Waals surface area contributed by atoms with Crippen LogP contribution < -0.4 is 10.2 Å². The number of carbonyl (C=O) groups is 1. The van der Waals surface area contributed by atoms with Gasteiger partial charge in [0.2, 0.25) is 5.91 Å². The molecule has 5 heteroatoms. The van der Waals surface area contributed by atoms with Crippen LogP contribution in [0.15, 0.2) is 18.3 Å². The molecule has 0 unspecified atom stereocenters. The van der Waals surface area contributed by atoms with Crippen LogP contribution in [0.3, 0.4) is 0 Å². The highest BCUT2D eigenvalue weighted by Crippen LogP contribution is 2.15. The molecule has 1 aromatic rings. The number of hydrogen-bond acceptors (Lipinski definition) is 4. The number of anilines is 1. The summed E-state index contributed by atoms with van der Waals surface area (Å²) >= 11 is 0. The number of nitrogens with one attached hydrogen (secondary N) is 1. The second kappa shape index (κ2) is 6.20. The number of carbonyl (C=O) groups excluding carboxylic acids is 1. The lowest BCUT2D eigenvalue weighted by Crippen LogP contribution is -2.26. The van der Waals surface area contributed by atoms with Gasteiger partial charge in [-0.3, -0.25) is 9.78 Å². The van der Waals surface area contributed by atoms with Crippen LogP contribution in [0.1, 0.15) is 25.1 Å². The van der Waals surface area contributed by atoms with Gasteiger partial charge in [0.25, 0.3) is 0 Å². The Hall–Kier alpha value is -1.62. The summed E-state index contributed by atoms with van der Waals surface area (Å²) in [4.78, 5) is 17.2. The van der Waals surface area contributed by atoms with Crippen molar-refractivity contribution in [2.75, 3.05) is 25.5 Å². The second-order valence-electron chi connectivity index (χ2n) is 3.96. The van der Waals surface area contributed by atoms with Crippen LogP contribution in [0.4, 0.5) is 5.69 Å². The highest BCUT2D eigenvalue weighted by atomic mass is 16.3. The lowest BCUT2D eigenvalue weighted by atomic mass is 10.2. The average Bonchev–Trinajstić information content (AvgIpc) is 2.35. The molecular weight excluding hydrogens is 218 g/mol. The van der Waals surface area contributed by atoms with Gasteiger partial charge in [-0.15, -0.1) is 0 Å². The predicted octanol–water partition coefficient (Wildman–Crippen LogP) is 0.707. The molecule has 0 radical (unpaired) electrons. The summed E-state index contributed by atoms with van der Waals surface area (Å²) in [5, 5.41) is 11.9. The van der Waals surface area contributed by atoms with Gasteiger partial charge in [-0.05, 0) is 19.1 Å². The van der Waals surface area contributed by atoms with E-state index in [1.165, 1.54) is 0 Å². The van der Waals surface area contributed by atoms with Crippen molar-refractivity contribution in [2.24, 2.45) is 0 Å². The van der Waals surface area contributed by atoms with Crippen molar-refractivity contribution in [3.05, 3.63) is 24.0 Å². The van der Waals surface area contributed by atoms with Gasteiger partial charge in [-0.2, -0.15) is 0 Å². The molecule has 0 aromatic carbocycles. The second-order valence-corrected chi connectivity index (χ2v) is 3.96. The van der Waals surface area contributed by atoms with Crippen molar-refractivity contribution in [3.8, 4) is 0 Å². The first-order valence-electron chi connectivity index (χ1n) is 5.60. The number of aliphatic hydroxyl groups excluding tert-OH is 1. The molecule has 0 fully saturated rings. The molecular formula is C12H19N3O2. The summed E-state index contributed by atoms with van der Waals surface area (Å²) in [6.45, 7) is 2.31. The lowest BCUT2D eigenvalue weighted by molar-refractivity contribution is -0.120. The van der Waals surface area contributed by atoms with Gasteiger partial charge in [0.15, 0.2) is 0 Å². The first kappa shape index (κ1) is 13.4. The first-order chi connectivity index (χ1) is 8.04. The van der Waals surface area contributed by atoms with Gasteiger partial charge in [0.05, 0.1) is 23.7 Å². The molecule has 0 saturated heterocycles. The van der Waals surface area contributed by atoms with Crippen LogP contribution in [-0.2, 0) is 4.79 Å². The zero-order valence-corrected chi connectivity index (χ0v) is 10.5. The molecule has 0 aliphatic carbocycles. The highest BCUT2D eigenvalue weighted by Gasteiger charge is 2.06. The van der Waals surface area contributed by atoms with Crippen molar-refractivity contribution in [2.45, 2.75) is 19.4 Å². The Morgan fingerprint density at radius 1 is 1.59 bits per heavy atom. The summed E-state index contributed by atoms with van der Waals surface area (Å²) in [6, 6.07) is 3.68. The van der Waals surface area contributed by atoms with Crippen molar-refractivity contribution in [1.82, 2.24) is 10.3 Å². The fourth-order valence-corrected chi connectivity index (χ4v) is 1.39. The number of pyridine rings is 1. The van der Waals surface area contributed by atoms with Crippen LogP contribution in [0, 0.1) is 0 Å². The number of aromatic nitrogens is 1. The molecule has 0 aliphatic rings. The van der Waals surface area contributed by atoms with Crippen LogP contribution in [0.5, 0.6) is 0 Å². The molecule has 1 heterocycles. The minimum atomic E-state index is -0.555. The third-order valence-corrected chi connectivity index (χ3v) is 2.59. The molecule has 17 heavy (non-hydrogen) atoms. The fraction of sp³-hybridized carbons (Fsp3) is 0.500. The van der Waals surface area contributed by atoms with E-state index >= 15 is 0 Å². The third-order valence-electron chi connectivity index (χ3n) is 2.59. The molecule has 94 valence electrons. The summed E-state index contributed by atoms with van der Waals surface area (Å²) < 4.78 is 0. The first-order valence-corrected chi connectivity index (χ1v) is 5.60. The molecule has 0 spiro atoms. The van der Waals surface area contributed by atoms with Gasteiger partial charge < -0.3 is 15.3 Å². The molecule has 2 N–H and O–H groups in total. The van der Waals surface area contributed by atoms with E-state index in [1.54, 1.807) is 26.2 Å². The van der Waals surface area contributed by atoms with Gasteiger partial charge in [-0.25, -0.2) is 0 Å². The molecule has 0 saturated carbocycles. The quantitative estimate of drug-likeness (QED) is 0.791. The third kappa shape index (κ3) is 4.03. The smallest absolute Gasteiger partial charge is 0.221 e. The monoisotopic (exact) mass is 237 g/mol. The minimum Gasteiger partial charge on any atom is -0.387 e. The number of amides is 1. The van der Waals surface area contributed by atoms with E-state index in [0.717, 1.165) is 5.69 Å². The van der Waals surface area contributed by atoms with Crippen LogP contribution >= 0.6 is 0 Å². The molecule has 0 aliphatic heterocycles. The number of hydrogen-bond donors (Lipinski definition) is 2. The van der Waals surface area contributed by atoms with Crippen molar-refractivity contribution >= 4 is 11.6 Å². The number of aliphatic hydroxyl groups is 1. The van der Waals surface area contributed by atoms with Gasteiger partial charge in [0.1, 0.15) is 0 Å². The fourth-order valence-electron chi connectivity index (χ4n) is 1.39. The predicted molar refractivity (Wildman–Crippen MR) is 66.8 cm³/mol. The number of rotatable bonds is 5. The van der Waals surface area contributed by atoms with Crippen molar-refractivity contribution < 1.29 is 9.90 Å². The van der Waals surface area contributed by atoms with Crippen LogP contribution in [-0.4, -0.2) is 36.6 Å². The zero-order chi connectivity index (χ0) is 12.8. The summed E-state index contributed by atoms with van der Waals surface area (Å²) in [7, 11) is 3.53. The average molecular weight is 237 g/mol. The maximum absolute atomic E-state index is 11.1. The van der Waals surface area contributed by atoms with Gasteiger partial charge in [0, 0.05) is 27.1 Å². The Morgan fingerprint density at radius 2 is 2.29 bits per heavy atom. The Labute approximate surface area is 101 Å². The minimum absolute atomic E-state index is 0.0189. The molecule has 1 amide bonds. The van der Waals surface area contributed by atoms with E-state index in [-0.39, 0.29) is 5.91 Å². The van der Waals surface area contributed by atoms with E-state index in [2.05, 4.69) is 10.3 Å². The Bertz CT molecular complexity index is 363.